The van der Waals surface area contributed by atoms with Gasteiger partial charge in [-0.05, 0) is 76.6 Å². The van der Waals surface area contributed by atoms with Crippen LogP contribution < -0.4 is 9.80 Å². The zero-order chi connectivity index (χ0) is 31.1. The normalized spacial score (nSPS) is 25.5. The van der Waals surface area contributed by atoms with E-state index < -0.39 is 29.6 Å². The van der Waals surface area contributed by atoms with Gasteiger partial charge < -0.3 is 29.4 Å². The van der Waals surface area contributed by atoms with Crippen molar-refractivity contribution in [2.24, 2.45) is 11.8 Å². The highest BCUT2D eigenvalue weighted by atomic mass is 16.5. The van der Waals surface area contributed by atoms with Gasteiger partial charge in [0.2, 0.25) is 11.8 Å². The van der Waals surface area contributed by atoms with Crippen LogP contribution in [0.15, 0.2) is 49.6 Å². The number of amides is 3. The molecule has 1 aromatic rings. The van der Waals surface area contributed by atoms with Crippen LogP contribution in [0.5, 0.6) is 0 Å². The lowest BCUT2D eigenvalue weighted by molar-refractivity contribution is -0.145. The van der Waals surface area contributed by atoms with Crippen molar-refractivity contribution in [3.63, 3.8) is 0 Å². The lowest BCUT2D eigenvalue weighted by atomic mass is 9.70. The molecule has 2 unspecified atom stereocenters. The molecule has 1 spiro atoms. The van der Waals surface area contributed by atoms with Gasteiger partial charge in [0.1, 0.15) is 11.6 Å². The van der Waals surface area contributed by atoms with Gasteiger partial charge in [-0.2, -0.15) is 0 Å². The molecule has 1 aromatic carbocycles. The molecule has 3 saturated heterocycles. The molecule has 9 heteroatoms. The Bertz CT molecular complexity index is 1150. The van der Waals surface area contributed by atoms with Gasteiger partial charge in [-0.1, -0.05) is 19.1 Å². The minimum atomic E-state index is -1.05. The second kappa shape index (κ2) is 14.5. The number of likely N-dealkylation sites (tertiary alicyclic amines) is 1. The van der Waals surface area contributed by atoms with Crippen molar-refractivity contribution in [3.05, 3.63) is 49.6 Å². The topological polar surface area (TPSA) is 93.6 Å². The van der Waals surface area contributed by atoms with Crippen LogP contribution in [-0.4, -0.2) is 96.3 Å². The summed E-state index contributed by atoms with van der Waals surface area (Å²) in [7, 11) is 0. The fourth-order valence-electron chi connectivity index (χ4n) is 7.48. The summed E-state index contributed by atoms with van der Waals surface area (Å²) in [5, 5.41) is 9.32. The molecule has 3 heterocycles. The summed E-state index contributed by atoms with van der Waals surface area (Å²) in [6.07, 6.45) is 7.02. The molecular formula is C34H50N4O5. The van der Waals surface area contributed by atoms with E-state index in [0.29, 0.717) is 45.3 Å². The van der Waals surface area contributed by atoms with Gasteiger partial charge in [0.25, 0.3) is 5.91 Å². The van der Waals surface area contributed by atoms with E-state index in [9.17, 15) is 19.5 Å². The number of hydrogen-bond donors (Lipinski definition) is 1. The largest absolute Gasteiger partial charge is 0.396 e. The molecule has 0 radical (unpaired) electrons. The van der Waals surface area contributed by atoms with Crippen molar-refractivity contribution >= 4 is 29.1 Å². The van der Waals surface area contributed by atoms with E-state index >= 15 is 0 Å². The molecule has 3 aliphatic heterocycles. The van der Waals surface area contributed by atoms with E-state index in [1.54, 1.807) is 26.9 Å². The second-order valence-electron chi connectivity index (χ2n) is 11.9. The first kappa shape index (κ1) is 32.7. The third kappa shape index (κ3) is 6.11. The number of carbonyl (C=O) groups excluding carboxylic acids is 3. The number of anilines is 2. The Morgan fingerprint density at radius 3 is 2.30 bits per heavy atom. The number of aliphatic hydroxyl groups is 1. The number of fused-ring (bicyclic) bond motifs is 1. The van der Waals surface area contributed by atoms with E-state index in [0.717, 1.165) is 37.3 Å². The van der Waals surface area contributed by atoms with Gasteiger partial charge >= 0.3 is 0 Å². The molecule has 0 aromatic heterocycles. The van der Waals surface area contributed by atoms with Crippen molar-refractivity contribution in [2.75, 3.05) is 55.7 Å². The molecule has 3 fully saturated rings. The standard InChI is InChI=1S/C34H50N4O5/c1-6-20-36(21-7-2)31(40)28-27-18-19-34(43-27)29(28)32(41)38(23-12-11-13-24-39)30(34)33(42)37(22-8-3)26-16-14-25(15-17-26)35(9-4)10-5/h6,8,14-17,27-30,39H,1,3,7,9-13,18-24H2,2,4-5H3/t27-,28+,29-,30?,34?/m0/s1. The highest BCUT2D eigenvalue weighted by Crippen LogP contribution is 2.59. The van der Waals surface area contributed by atoms with E-state index in [1.807, 2.05) is 31.2 Å². The summed E-state index contributed by atoms with van der Waals surface area (Å²) in [6.45, 7) is 17.5. The fraction of sp³-hybridized carbons (Fsp3) is 0.618. The molecule has 2 bridgehead atoms. The fourth-order valence-corrected chi connectivity index (χ4v) is 7.48. The first-order valence-electron chi connectivity index (χ1n) is 16.1. The molecular weight excluding hydrogens is 544 g/mol. The van der Waals surface area contributed by atoms with Gasteiger partial charge in [0, 0.05) is 57.3 Å². The maximum atomic E-state index is 14.7. The van der Waals surface area contributed by atoms with Crippen molar-refractivity contribution in [1.82, 2.24) is 9.80 Å². The van der Waals surface area contributed by atoms with Crippen molar-refractivity contribution in [3.8, 4) is 0 Å². The summed E-state index contributed by atoms with van der Waals surface area (Å²) < 4.78 is 6.67. The monoisotopic (exact) mass is 594 g/mol. The molecule has 0 saturated carbocycles. The number of ether oxygens (including phenoxy) is 1. The first-order valence-corrected chi connectivity index (χ1v) is 16.1. The maximum absolute atomic E-state index is 14.7. The van der Waals surface area contributed by atoms with Crippen LogP contribution in [0.1, 0.15) is 59.3 Å². The molecule has 4 rings (SSSR count). The molecule has 5 atom stereocenters. The Labute approximate surface area is 257 Å². The van der Waals surface area contributed by atoms with Crippen LogP contribution in [0.4, 0.5) is 11.4 Å². The predicted molar refractivity (Wildman–Crippen MR) is 170 cm³/mol. The molecule has 236 valence electrons. The first-order chi connectivity index (χ1) is 20.8. The van der Waals surface area contributed by atoms with Gasteiger partial charge in [-0.25, -0.2) is 0 Å². The van der Waals surface area contributed by atoms with Crippen LogP contribution in [0.25, 0.3) is 0 Å². The number of aliphatic hydroxyl groups excluding tert-OH is 1. The van der Waals surface area contributed by atoms with E-state index in [4.69, 9.17) is 4.74 Å². The average Bonchev–Trinajstić information content (AvgIpc) is 3.66. The van der Waals surface area contributed by atoms with Gasteiger partial charge in [-0.3, -0.25) is 14.4 Å². The van der Waals surface area contributed by atoms with Crippen molar-refractivity contribution in [1.29, 1.82) is 0 Å². The Morgan fingerprint density at radius 2 is 1.70 bits per heavy atom. The number of hydrogen-bond acceptors (Lipinski definition) is 6. The summed E-state index contributed by atoms with van der Waals surface area (Å²) in [4.78, 5) is 50.4. The molecule has 3 amide bonds. The SMILES string of the molecule is C=CCN(CCC)C(=O)[C@@H]1[C@@H]2CCC3(O2)C(C(=O)N(CC=C)c2ccc(N(CC)CC)cc2)N(CCCCCO)C(=O)[C@H]13. The van der Waals surface area contributed by atoms with Crippen LogP contribution in [0.3, 0.4) is 0 Å². The quantitative estimate of drug-likeness (QED) is 0.216. The lowest BCUT2D eigenvalue weighted by Gasteiger charge is -2.37. The van der Waals surface area contributed by atoms with Crippen LogP contribution >= 0.6 is 0 Å². The van der Waals surface area contributed by atoms with E-state index in [1.165, 1.54) is 0 Å². The molecule has 1 N–H and O–H groups in total. The highest BCUT2D eigenvalue weighted by molar-refractivity contribution is 6.05. The average molecular weight is 595 g/mol. The Balaban J connectivity index is 1.71. The van der Waals surface area contributed by atoms with Crippen molar-refractivity contribution < 1.29 is 24.2 Å². The van der Waals surface area contributed by atoms with Crippen LogP contribution in [0, 0.1) is 11.8 Å². The van der Waals surface area contributed by atoms with E-state index in [-0.39, 0.29) is 30.9 Å². The Kier molecular flexibility index (Phi) is 11.1. The number of nitrogens with zero attached hydrogens (tertiary/aromatic N) is 4. The highest BCUT2D eigenvalue weighted by Gasteiger charge is 2.74. The molecule has 9 nitrogen and oxygen atoms in total. The van der Waals surface area contributed by atoms with Crippen molar-refractivity contribution in [2.45, 2.75) is 77.0 Å². The summed E-state index contributed by atoms with van der Waals surface area (Å²) in [5.74, 6) is -1.79. The second-order valence-corrected chi connectivity index (χ2v) is 11.9. The molecule has 3 aliphatic rings. The summed E-state index contributed by atoms with van der Waals surface area (Å²) in [6, 6.07) is 7.09. The number of unbranched alkanes of at least 4 members (excludes halogenated alkanes) is 2. The third-order valence-corrected chi connectivity index (χ3v) is 9.40. The van der Waals surface area contributed by atoms with Gasteiger partial charge in [0.05, 0.1) is 17.9 Å². The van der Waals surface area contributed by atoms with Gasteiger partial charge in [-0.15, -0.1) is 13.2 Å². The zero-order valence-corrected chi connectivity index (χ0v) is 26.2. The van der Waals surface area contributed by atoms with E-state index in [2.05, 4.69) is 31.9 Å². The van der Waals surface area contributed by atoms with Gasteiger partial charge in [0.15, 0.2) is 0 Å². The lowest BCUT2D eigenvalue weighted by Crippen LogP contribution is -2.56. The summed E-state index contributed by atoms with van der Waals surface area (Å²) >= 11 is 0. The minimum absolute atomic E-state index is 0.0808. The molecule has 0 aliphatic carbocycles. The zero-order valence-electron chi connectivity index (χ0n) is 26.2. The number of carbonyl (C=O) groups is 3. The maximum Gasteiger partial charge on any atom is 0.253 e. The predicted octanol–water partition coefficient (Wildman–Crippen LogP) is 4.01. The molecule has 43 heavy (non-hydrogen) atoms. The Hall–Kier alpha value is -3.17. The smallest absolute Gasteiger partial charge is 0.253 e. The number of benzene rings is 1. The minimum Gasteiger partial charge on any atom is -0.396 e. The number of rotatable bonds is 17. The third-order valence-electron chi connectivity index (χ3n) is 9.40. The van der Waals surface area contributed by atoms with Crippen LogP contribution in [-0.2, 0) is 19.1 Å². The summed E-state index contributed by atoms with van der Waals surface area (Å²) in [5.41, 5.74) is 0.756. The van der Waals surface area contributed by atoms with Crippen LogP contribution in [0.2, 0.25) is 0 Å². The Morgan fingerprint density at radius 1 is 1.02 bits per heavy atom.